The van der Waals surface area contributed by atoms with Gasteiger partial charge < -0.3 is 26.2 Å². The van der Waals surface area contributed by atoms with Gasteiger partial charge in [-0.15, -0.1) is 0 Å². The lowest BCUT2D eigenvalue weighted by Crippen LogP contribution is -2.55. The molecule has 1 aliphatic heterocycles. The maximum atomic E-state index is 13.5. The Morgan fingerprint density at radius 3 is 2.64 bits per heavy atom. The van der Waals surface area contributed by atoms with E-state index in [9.17, 15) is 34.8 Å². The smallest absolute Gasteiger partial charge is 0.248 e. The number of primary amides is 1. The number of allylic oxidation sites excluding steroid dienone is 1. The largest absolute Gasteiger partial charge is 0.512 e. The Hall–Kier alpha value is -2.88. The van der Waals surface area contributed by atoms with E-state index in [0.717, 1.165) is 13.0 Å². The average Bonchev–Trinajstić information content (AvgIpc) is 3.02. The molecule has 3 aliphatic carbocycles. The molecule has 3 atom stereocenters. The van der Waals surface area contributed by atoms with Crippen LogP contribution in [-0.2, 0) is 27.3 Å². The molecule has 0 bridgehead atoms. The third-order valence-corrected chi connectivity index (χ3v) is 8.68. The molecule has 1 heterocycles. The van der Waals surface area contributed by atoms with Crippen molar-refractivity contribution in [3.8, 4) is 5.75 Å². The fourth-order valence-electron chi connectivity index (χ4n) is 6.31. The minimum atomic E-state index is -1.99. The summed E-state index contributed by atoms with van der Waals surface area (Å²) in [7, 11) is 0. The van der Waals surface area contributed by atoms with Gasteiger partial charge in [-0.3, -0.25) is 19.3 Å². The molecule has 0 radical (unpaired) electrons. The molecular formula is C26H29ClN2O7. The van der Waals surface area contributed by atoms with E-state index in [0.29, 0.717) is 42.1 Å². The number of nitrogens with zero attached hydrogens (tertiary/aromatic N) is 1. The third kappa shape index (κ3) is 3.90. The first-order chi connectivity index (χ1) is 17.0. The number of likely N-dealkylation sites (tertiary alicyclic amines) is 1. The van der Waals surface area contributed by atoms with Gasteiger partial charge in [-0.1, -0.05) is 11.6 Å². The molecule has 9 nitrogen and oxygen atoms in total. The van der Waals surface area contributed by atoms with Crippen LogP contribution in [0.5, 0.6) is 5.75 Å². The number of phenols is 1. The van der Waals surface area contributed by atoms with Gasteiger partial charge in [0.1, 0.15) is 28.7 Å². The molecular weight excluding hydrogens is 488 g/mol. The standard InChI is InChI=1S/C26H29ClN2O7/c27-22-13(11-29-4-1-2-15(30)3-5-29)8-19(32)21-16(22)7-12-6-14-9-18(31)17(25(28)35)10-26(14,36)24(34)20(12)23(21)33/h8,12,14,31-33,36H,1-7,9-11H2,(H2,28,35)/t12?,14-,26-/m0/s1. The van der Waals surface area contributed by atoms with E-state index >= 15 is 0 Å². The lowest BCUT2D eigenvalue weighted by molar-refractivity contribution is -0.146. The second-order valence-corrected chi connectivity index (χ2v) is 10.8. The molecule has 5 rings (SSSR count). The van der Waals surface area contributed by atoms with Gasteiger partial charge in [-0.25, -0.2) is 0 Å². The number of aromatic hydroxyl groups is 1. The van der Waals surface area contributed by atoms with Crippen LogP contribution >= 0.6 is 11.6 Å². The number of hydrogen-bond donors (Lipinski definition) is 5. The molecule has 192 valence electrons. The summed E-state index contributed by atoms with van der Waals surface area (Å²) in [6, 6.07) is 1.47. The number of aliphatic hydroxyl groups is 3. The van der Waals surface area contributed by atoms with Crippen molar-refractivity contribution in [3.63, 3.8) is 0 Å². The molecule has 0 aromatic heterocycles. The monoisotopic (exact) mass is 516 g/mol. The Balaban J connectivity index is 1.51. The molecule has 1 unspecified atom stereocenters. The van der Waals surface area contributed by atoms with Gasteiger partial charge in [0.2, 0.25) is 5.91 Å². The van der Waals surface area contributed by atoms with Crippen LogP contribution in [0, 0.1) is 11.8 Å². The van der Waals surface area contributed by atoms with Crippen molar-refractivity contribution in [3.05, 3.63) is 44.7 Å². The lowest BCUT2D eigenvalue weighted by Gasteiger charge is -2.47. The van der Waals surface area contributed by atoms with Crippen LogP contribution < -0.4 is 5.73 Å². The number of fused-ring (bicyclic) bond motifs is 3. The van der Waals surface area contributed by atoms with Gasteiger partial charge in [0, 0.05) is 55.3 Å². The minimum Gasteiger partial charge on any atom is -0.512 e. The van der Waals surface area contributed by atoms with Crippen molar-refractivity contribution in [2.24, 2.45) is 17.6 Å². The summed E-state index contributed by atoms with van der Waals surface area (Å²) in [5.41, 5.74) is 4.41. The Labute approximate surface area is 212 Å². The summed E-state index contributed by atoms with van der Waals surface area (Å²) in [6.45, 7) is 1.77. The SMILES string of the molecule is NC(=O)C1=C(O)C[C@@H]2CC3Cc4c(Cl)c(CN5CCCC(=O)CC5)cc(O)c4C(O)=C3C(=O)[C@]2(O)C1. The fourth-order valence-corrected chi connectivity index (χ4v) is 6.60. The van der Waals surface area contributed by atoms with Gasteiger partial charge in [-0.05, 0) is 48.9 Å². The van der Waals surface area contributed by atoms with E-state index in [1.54, 1.807) is 0 Å². The summed E-state index contributed by atoms with van der Waals surface area (Å²) >= 11 is 6.79. The van der Waals surface area contributed by atoms with Crippen LogP contribution in [0.1, 0.15) is 55.2 Å². The van der Waals surface area contributed by atoms with Crippen LogP contribution in [0.25, 0.3) is 5.76 Å². The summed E-state index contributed by atoms with van der Waals surface area (Å²) in [5, 5.41) is 44.1. The zero-order chi connectivity index (χ0) is 25.9. The highest BCUT2D eigenvalue weighted by Crippen LogP contribution is 2.53. The third-order valence-electron chi connectivity index (χ3n) is 8.21. The number of rotatable bonds is 3. The number of benzene rings is 1. The normalized spacial score (nSPS) is 28.9. The Kier molecular flexibility index (Phi) is 6.13. The number of carbonyl (C=O) groups excluding carboxylic acids is 3. The molecule has 0 spiro atoms. The lowest BCUT2D eigenvalue weighted by atomic mass is 9.59. The second kappa shape index (κ2) is 8.90. The first-order valence-electron chi connectivity index (χ1n) is 12.2. The number of halogens is 1. The van der Waals surface area contributed by atoms with E-state index < -0.39 is 41.3 Å². The highest BCUT2D eigenvalue weighted by molar-refractivity contribution is 6.32. The molecule has 1 aromatic rings. The van der Waals surface area contributed by atoms with Gasteiger partial charge in [0.25, 0.3) is 0 Å². The van der Waals surface area contributed by atoms with Crippen LogP contribution in [0.2, 0.25) is 5.02 Å². The number of carbonyl (C=O) groups is 3. The molecule has 4 aliphatic rings. The predicted molar refractivity (Wildman–Crippen MR) is 130 cm³/mol. The van der Waals surface area contributed by atoms with E-state index in [1.165, 1.54) is 6.07 Å². The number of phenolic OH excluding ortho intramolecular Hbond substituents is 1. The van der Waals surface area contributed by atoms with Crippen LogP contribution in [0.3, 0.4) is 0 Å². The zero-order valence-corrected chi connectivity index (χ0v) is 20.5. The first-order valence-corrected chi connectivity index (χ1v) is 12.6. The molecule has 1 amide bonds. The molecule has 6 N–H and O–H groups in total. The van der Waals surface area contributed by atoms with Crippen molar-refractivity contribution in [2.45, 2.75) is 57.1 Å². The summed E-state index contributed by atoms with van der Waals surface area (Å²) in [4.78, 5) is 39.1. The minimum absolute atomic E-state index is 0.00314. The summed E-state index contributed by atoms with van der Waals surface area (Å²) in [5.74, 6) is -3.44. The number of amides is 1. The molecule has 10 heteroatoms. The van der Waals surface area contributed by atoms with Crippen LogP contribution in [-0.4, -0.2) is 61.5 Å². The maximum Gasteiger partial charge on any atom is 0.248 e. The quantitative estimate of drug-likeness (QED) is 0.409. The second-order valence-electron chi connectivity index (χ2n) is 10.4. The maximum absolute atomic E-state index is 13.5. The van der Waals surface area contributed by atoms with Crippen molar-refractivity contribution < 1.29 is 34.8 Å². The van der Waals surface area contributed by atoms with Gasteiger partial charge >= 0.3 is 0 Å². The number of ketones is 2. The number of hydrogen-bond acceptors (Lipinski definition) is 8. The van der Waals surface area contributed by atoms with E-state index in [-0.39, 0.29) is 53.3 Å². The van der Waals surface area contributed by atoms with Crippen molar-refractivity contribution in [2.75, 3.05) is 13.1 Å². The highest BCUT2D eigenvalue weighted by atomic mass is 35.5. The van der Waals surface area contributed by atoms with Crippen LogP contribution in [0.4, 0.5) is 0 Å². The highest BCUT2D eigenvalue weighted by Gasteiger charge is 2.56. The van der Waals surface area contributed by atoms with E-state index in [1.807, 2.05) is 0 Å². The molecule has 36 heavy (non-hydrogen) atoms. The summed E-state index contributed by atoms with van der Waals surface area (Å²) in [6.07, 6.45) is 1.80. The van der Waals surface area contributed by atoms with Gasteiger partial charge in [0.05, 0.1) is 11.1 Å². The van der Waals surface area contributed by atoms with E-state index in [2.05, 4.69) is 4.90 Å². The summed E-state index contributed by atoms with van der Waals surface area (Å²) < 4.78 is 0. The zero-order valence-electron chi connectivity index (χ0n) is 19.7. The molecule has 1 saturated heterocycles. The predicted octanol–water partition coefficient (Wildman–Crippen LogP) is 2.45. The molecule has 2 fully saturated rings. The average molecular weight is 517 g/mol. The van der Waals surface area contributed by atoms with Crippen molar-refractivity contribution in [1.82, 2.24) is 4.90 Å². The van der Waals surface area contributed by atoms with Crippen molar-refractivity contribution >= 4 is 34.8 Å². The van der Waals surface area contributed by atoms with E-state index in [4.69, 9.17) is 17.3 Å². The first kappa shape index (κ1) is 24.8. The Morgan fingerprint density at radius 2 is 1.92 bits per heavy atom. The Bertz CT molecular complexity index is 1250. The van der Waals surface area contributed by atoms with Crippen molar-refractivity contribution in [1.29, 1.82) is 0 Å². The Morgan fingerprint density at radius 1 is 1.17 bits per heavy atom. The number of aliphatic hydroxyl groups excluding tert-OH is 2. The molecule has 1 aromatic carbocycles. The van der Waals surface area contributed by atoms with Gasteiger partial charge in [0.15, 0.2) is 5.78 Å². The molecule has 1 saturated carbocycles. The number of nitrogens with two attached hydrogens (primary N) is 1. The topological polar surface area (TPSA) is 161 Å². The van der Waals surface area contributed by atoms with Crippen LogP contribution in [0.15, 0.2) is 23.0 Å². The van der Waals surface area contributed by atoms with Gasteiger partial charge in [-0.2, -0.15) is 0 Å². The number of Topliss-reactive ketones (excluding diaryl/α,β-unsaturated/α-hetero) is 2. The fraction of sp³-hybridized carbons (Fsp3) is 0.500.